The first kappa shape index (κ1) is 16.6. The van der Waals surface area contributed by atoms with Gasteiger partial charge in [0.15, 0.2) is 11.5 Å². The predicted molar refractivity (Wildman–Crippen MR) is 92.8 cm³/mol. The lowest BCUT2D eigenvalue weighted by atomic mass is 10.1. The lowest BCUT2D eigenvalue weighted by Gasteiger charge is -2.23. The SMILES string of the molecule is CN(C)C[C@@H](NC(=O)c1cc(Cl)c2c(c1)OCO2)c1ccccc1. The van der Waals surface area contributed by atoms with Crippen molar-refractivity contribution in [2.45, 2.75) is 6.04 Å². The highest BCUT2D eigenvalue weighted by molar-refractivity contribution is 6.32. The number of nitrogens with one attached hydrogen (secondary N) is 1. The average molecular weight is 347 g/mol. The van der Waals surface area contributed by atoms with Gasteiger partial charge in [0.25, 0.3) is 5.91 Å². The van der Waals surface area contributed by atoms with E-state index >= 15 is 0 Å². The van der Waals surface area contributed by atoms with E-state index in [0.29, 0.717) is 28.6 Å². The van der Waals surface area contributed by atoms with Crippen LogP contribution in [-0.4, -0.2) is 38.2 Å². The molecule has 24 heavy (non-hydrogen) atoms. The molecule has 1 amide bonds. The zero-order valence-electron chi connectivity index (χ0n) is 13.6. The van der Waals surface area contributed by atoms with Crippen LogP contribution < -0.4 is 14.8 Å². The lowest BCUT2D eigenvalue weighted by Crippen LogP contribution is -2.35. The minimum Gasteiger partial charge on any atom is -0.454 e. The molecule has 126 valence electrons. The van der Waals surface area contributed by atoms with Crippen LogP contribution in [0.3, 0.4) is 0 Å². The summed E-state index contributed by atoms with van der Waals surface area (Å²) in [5, 5.41) is 3.44. The highest BCUT2D eigenvalue weighted by Crippen LogP contribution is 2.39. The number of halogens is 1. The second-order valence-corrected chi connectivity index (χ2v) is 6.30. The van der Waals surface area contributed by atoms with Crippen LogP contribution >= 0.6 is 11.6 Å². The fourth-order valence-corrected chi connectivity index (χ4v) is 2.89. The summed E-state index contributed by atoms with van der Waals surface area (Å²) >= 11 is 6.16. The Labute approximate surface area is 146 Å². The fourth-order valence-electron chi connectivity index (χ4n) is 2.62. The van der Waals surface area contributed by atoms with Crippen LogP contribution in [0.5, 0.6) is 11.5 Å². The number of rotatable bonds is 5. The Morgan fingerprint density at radius 2 is 2.00 bits per heavy atom. The van der Waals surface area contributed by atoms with Gasteiger partial charge in [0.2, 0.25) is 6.79 Å². The van der Waals surface area contributed by atoms with Gasteiger partial charge in [0.05, 0.1) is 11.1 Å². The standard InChI is InChI=1S/C18H19ClN2O3/c1-21(2)10-15(12-6-4-3-5-7-12)20-18(22)13-8-14(19)17-16(9-13)23-11-24-17/h3-9,15H,10-11H2,1-2H3,(H,20,22)/t15-/m1/s1. The van der Waals surface area contributed by atoms with Crippen molar-refractivity contribution in [3.8, 4) is 11.5 Å². The van der Waals surface area contributed by atoms with E-state index in [1.165, 1.54) is 0 Å². The molecule has 1 N–H and O–H groups in total. The number of hydrogen-bond donors (Lipinski definition) is 1. The van der Waals surface area contributed by atoms with Crippen LogP contribution in [0, 0.1) is 0 Å². The average Bonchev–Trinajstić information content (AvgIpc) is 3.03. The molecule has 6 heteroatoms. The maximum absolute atomic E-state index is 12.7. The summed E-state index contributed by atoms with van der Waals surface area (Å²) in [5.74, 6) is 0.781. The van der Waals surface area contributed by atoms with Gasteiger partial charge in [-0.3, -0.25) is 4.79 Å². The van der Waals surface area contributed by atoms with E-state index in [1.54, 1.807) is 12.1 Å². The van der Waals surface area contributed by atoms with Gasteiger partial charge in [0.1, 0.15) is 0 Å². The number of carbonyl (C=O) groups excluding carboxylic acids is 1. The minimum atomic E-state index is -0.203. The van der Waals surface area contributed by atoms with Crippen molar-refractivity contribution in [1.29, 1.82) is 0 Å². The van der Waals surface area contributed by atoms with Crippen molar-refractivity contribution < 1.29 is 14.3 Å². The first-order chi connectivity index (χ1) is 11.5. The molecule has 3 rings (SSSR count). The highest BCUT2D eigenvalue weighted by Gasteiger charge is 2.22. The van der Waals surface area contributed by atoms with Crippen LogP contribution in [0.4, 0.5) is 0 Å². The molecule has 0 bridgehead atoms. The van der Waals surface area contributed by atoms with E-state index in [-0.39, 0.29) is 18.7 Å². The summed E-state index contributed by atoms with van der Waals surface area (Å²) < 4.78 is 10.6. The molecule has 1 aliphatic rings. The second-order valence-electron chi connectivity index (χ2n) is 5.89. The van der Waals surface area contributed by atoms with Gasteiger partial charge in [-0.1, -0.05) is 41.9 Å². The molecule has 1 aliphatic heterocycles. The van der Waals surface area contributed by atoms with Crippen LogP contribution in [0.2, 0.25) is 5.02 Å². The van der Waals surface area contributed by atoms with Crippen molar-refractivity contribution in [3.05, 3.63) is 58.6 Å². The summed E-state index contributed by atoms with van der Waals surface area (Å²) in [4.78, 5) is 14.7. The largest absolute Gasteiger partial charge is 0.454 e. The third-order valence-corrected chi connectivity index (χ3v) is 4.03. The first-order valence-corrected chi connectivity index (χ1v) is 8.02. The van der Waals surface area contributed by atoms with Crippen molar-refractivity contribution >= 4 is 17.5 Å². The summed E-state index contributed by atoms with van der Waals surface area (Å²) in [5.41, 5.74) is 1.50. The third-order valence-electron chi connectivity index (χ3n) is 3.74. The molecule has 0 unspecified atom stereocenters. The van der Waals surface area contributed by atoms with E-state index in [1.807, 2.05) is 49.3 Å². The summed E-state index contributed by atoms with van der Waals surface area (Å²) in [7, 11) is 3.94. The Morgan fingerprint density at radius 3 is 2.71 bits per heavy atom. The normalized spacial score (nSPS) is 13.8. The molecule has 0 spiro atoms. The van der Waals surface area contributed by atoms with Gasteiger partial charge in [-0.2, -0.15) is 0 Å². The first-order valence-electron chi connectivity index (χ1n) is 7.64. The highest BCUT2D eigenvalue weighted by atomic mass is 35.5. The number of amides is 1. The van der Waals surface area contributed by atoms with Gasteiger partial charge in [-0.05, 0) is 31.8 Å². The van der Waals surface area contributed by atoms with E-state index in [2.05, 4.69) is 5.32 Å². The third kappa shape index (κ3) is 3.63. The zero-order chi connectivity index (χ0) is 17.1. The molecule has 0 aromatic heterocycles. The number of carbonyl (C=O) groups is 1. The quantitative estimate of drug-likeness (QED) is 0.903. The van der Waals surface area contributed by atoms with Crippen molar-refractivity contribution in [2.75, 3.05) is 27.4 Å². The summed E-state index contributed by atoms with van der Waals surface area (Å²) in [6, 6.07) is 13.0. The van der Waals surface area contributed by atoms with Crippen molar-refractivity contribution in [2.24, 2.45) is 0 Å². The van der Waals surface area contributed by atoms with E-state index in [9.17, 15) is 4.79 Å². The maximum atomic E-state index is 12.7. The van der Waals surface area contributed by atoms with Gasteiger partial charge in [-0.25, -0.2) is 0 Å². The van der Waals surface area contributed by atoms with Gasteiger partial charge < -0.3 is 19.7 Å². The van der Waals surface area contributed by atoms with E-state index in [4.69, 9.17) is 21.1 Å². The Bertz CT molecular complexity index is 735. The second kappa shape index (κ2) is 7.11. The van der Waals surface area contributed by atoms with Gasteiger partial charge >= 0.3 is 0 Å². The number of benzene rings is 2. The molecule has 5 nitrogen and oxygen atoms in total. The molecule has 0 radical (unpaired) electrons. The molecule has 1 heterocycles. The maximum Gasteiger partial charge on any atom is 0.252 e. The summed E-state index contributed by atoms with van der Waals surface area (Å²) in [6.45, 7) is 0.807. The van der Waals surface area contributed by atoms with Crippen LogP contribution in [0.25, 0.3) is 0 Å². The lowest BCUT2D eigenvalue weighted by molar-refractivity contribution is 0.0929. The number of nitrogens with zero attached hydrogens (tertiary/aromatic N) is 1. The Kier molecular flexibility index (Phi) is 4.92. The van der Waals surface area contributed by atoms with E-state index in [0.717, 1.165) is 5.56 Å². The predicted octanol–water partition coefficient (Wildman–Crippen LogP) is 3.10. The van der Waals surface area contributed by atoms with Crippen LogP contribution in [-0.2, 0) is 0 Å². The zero-order valence-corrected chi connectivity index (χ0v) is 14.3. The number of hydrogen-bond acceptors (Lipinski definition) is 4. The van der Waals surface area contributed by atoms with E-state index < -0.39 is 0 Å². The van der Waals surface area contributed by atoms with Gasteiger partial charge in [0, 0.05) is 12.1 Å². The molecular weight excluding hydrogens is 328 g/mol. The summed E-state index contributed by atoms with van der Waals surface area (Å²) in [6.07, 6.45) is 0. The molecular formula is C18H19ClN2O3. The van der Waals surface area contributed by atoms with Crippen molar-refractivity contribution in [1.82, 2.24) is 10.2 Å². The molecule has 0 saturated carbocycles. The monoisotopic (exact) mass is 346 g/mol. The number of ether oxygens (including phenoxy) is 2. The topological polar surface area (TPSA) is 50.8 Å². The number of likely N-dealkylation sites (N-methyl/N-ethyl adjacent to an activating group) is 1. The molecule has 0 aliphatic carbocycles. The number of fused-ring (bicyclic) bond motifs is 1. The Balaban J connectivity index is 1.82. The Hall–Kier alpha value is -2.24. The molecule has 2 aromatic rings. The van der Waals surface area contributed by atoms with Crippen LogP contribution in [0.15, 0.2) is 42.5 Å². The Morgan fingerprint density at radius 1 is 1.25 bits per heavy atom. The molecule has 1 atom stereocenters. The minimum absolute atomic E-state index is 0.118. The van der Waals surface area contributed by atoms with Gasteiger partial charge in [-0.15, -0.1) is 0 Å². The van der Waals surface area contributed by atoms with Crippen LogP contribution in [0.1, 0.15) is 22.0 Å². The molecule has 0 saturated heterocycles. The smallest absolute Gasteiger partial charge is 0.252 e. The van der Waals surface area contributed by atoms with Crippen molar-refractivity contribution in [3.63, 3.8) is 0 Å². The fraction of sp³-hybridized carbons (Fsp3) is 0.278. The molecule has 0 fully saturated rings. The molecule has 2 aromatic carbocycles.